The van der Waals surface area contributed by atoms with Crippen LogP contribution in [0.25, 0.3) is 0 Å². The van der Waals surface area contributed by atoms with Gasteiger partial charge in [-0.3, -0.25) is 4.79 Å². The Kier molecular flexibility index (Phi) is 6.67. The van der Waals surface area contributed by atoms with E-state index in [9.17, 15) is 19.8 Å². The summed E-state index contributed by atoms with van der Waals surface area (Å²) in [5, 5.41) is 19.8. The molecule has 0 bridgehead atoms. The van der Waals surface area contributed by atoms with E-state index in [4.69, 9.17) is 10.5 Å². The van der Waals surface area contributed by atoms with Crippen LogP contribution in [-0.4, -0.2) is 39.8 Å². The summed E-state index contributed by atoms with van der Waals surface area (Å²) >= 11 is 0.906. The number of ether oxygens (including phenoxy) is 1. The number of carbonyl (C=O) groups is 2. The van der Waals surface area contributed by atoms with Gasteiger partial charge in [0.05, 0.1) is 18.3 Å². The number of esters is 1. The predicted molar refractivity (Wildman–Crippen MR) is 80.9 cm³/mol. The first-order valence-electron chi connectivity index (χ1n) is 6.42. The van der Waals surface area contributed by atoms with Crippen LogP contribution in [0.3, 0.4) is 0 Å². The maximum Gasteiger partial charge on any atom is 0.338 e. The molecular weight excluding hydrogens is 294 g/mol. The van der Waals surface area contributed by atoms with E-state index in [-0.39, 0.29) is 34.3 Å². The lowest BCUT2D eigenvalue weighted by atomic mass is 10.0. The molecule has 0 aliphatic heterocycles. The third-order valence-electron chi connectivity index (χ3n) is 2.74. The summed E-state index contributed by atoms with van der Waals surface area (Å²) in [7, 11) is 0. The molecule has 0 fully saturated rings. The standard InChI is InChI=1S/C14H19NO5S/c1-3-20-14(19)9-4-5-11(15)10(6-9)13(18)12(17)7-21-8(2)16/h4-6,12-13,17-18H,3,7,15H2,1-2H3. The maximum atomic E-state index is 11.7. The highest BCUT2D eigenvalue weighted by molar-refractivity contribution is 8.13. The molecule has 1 aromatic rings. The molecule has 0 aromatic heterocycles. The van der Waals surface area contributed by atoms with Crippen molar-refractivity contribution < 1.29 is 24.5 Å². The summed E-state index contributed by atoms with van der Waals surface area (Å²) in [6.07, 6.45) is -2.45. The van der Waals surface area contributed by atoms with Crippen molar-refractivity contribution in [3.8, 4) is 0 Å². The van der Waals surface area contributed by atoms with Gasteiger partial charge >= 0.3 is 5.97 Å². The number of nitrogens with two attached hydrogens (primary N) is 1. The van der Waals surface area contributed by atoms with E-state index in [1.54, 1.807) is 6.92 Å². The Morgan fingerprint density at radius 3 is 2.62 bits per heavy atom. The first-order chi connectivity index (χ1) is 9.86. The minimum Gasteiger partial charge on any atom is -0.462 e. The fourth-order valence-corrected chi connectivity index (χ4v) is 2.26. The first-order valence-corrected chi connectivity index (χ1v) is 7.41. The number of aliphatic hydroxyl groups is 2. The highest BCUT2D eigenvalue weighted by Gasteiger charge is 2.22. The highest BCUT2D eigenvalue weighted by atomic mass is 32.2. The molecule has 0 amide bonds. The normalized spacial score (nSPS) is 13.5. The lowest BCUT2D eigenvalue weighted by Crippen LogP contribution is -2.22. The molecule has 1 aromatic carbocycles. The van der Waals surface area contributed by atoms with Gasteiger partial charge in [0.15, 0.2) is 5.12 Å². The molecule has 0 aliphatic carbocycles. The van der Waals surface area contributed by atoms with E-state index >= 15 is 0 Å². The number of hydrogen-bond donors (Lipinski definition) is 3. The molecule has 1 rings (SSSR count). The van der Waals surface area contributed by atoms with Gasteiger partial charge in [-0.1, -0.05) is 11.8 Å². The van der Waals surface area contributed by atoms with Crippen LogP contribution in [0, 0.1) is 0 Å². The summed E-state index contributed by atoms with van der Waals surface area (Å²) in [6.45, 7) is 3.30. The fourth-order valence-electron chi connectivity index (χ4n) is 1.67. The van der Waals surface area contributed by atoms with E-state index in [0.717, 1.165) is 11.8 Å². The Morgan fingerprint density at radius 1 is 1.38 bits per heavy atom. The molecule has 0 saturated heterocycles. The summed E-state index contributed by atoms with van der Waals surface area (Å²) in [4.78, 5) is 22.5. The molecule has 7 heteroatoms. The van der Waals surface area contributed by atoms with Gasteiger partial charge in [-0.05, 0) is 25.1 Å². The molecule has 0 spiro atoms. The van der Waals surface area contributed by atoms with Gasteiger partial charge in [0.2, 0.25) is 0 Å². The molecule has 21 heavy (non-hydrogen) atoms. The third kappa shape index (κ3) is 5.04. The molecule has 0 radical (unpaired) electrons. The molecule has 0 aliphatic rings. The van der Waals surface area contributed by atoms with Gasteiger partial charge in [-0.15, -0.1) is 0 Å². The number of hydrogen-bond acceptors (Lipinski definition) is 7. The van der Waals surface area contributed by atoms with Crippen LogP contribution < -0.4 is 5.73 Å². The van der Waals surface area contributed by atoms with Crippen LogP contribution in [0.2, 0.25) is 0 Å². The maximum absolute atomic E-state index is 11.7. The van der Waals surface area contributed by atoms with Crippen molar-refractivity contribution in [2.75, 3.05) is 18.1 Å². The Morgan fingerprint density at radius 2 is 2.05 bits per heavy atom. The number of anilines is 1. The van der Waals surface area contributed by atoms with E-state index in [1.165, 1.54) is 25.1 Å². The van der Waals surface area contributed by atoms with Crippen molar-refractivity contribution in [1.82, 2.24) is 0 Å². The molecule has 2 atom stereocenters. The molecule has 116 valence electrons. The number of aliphatic hydroxyl groups excluding tert-OH is 2. The monoisotopic (exact) mass is 313 g/mol. The van der Waals surface area contributed by atoms with E-state index in [0.29, 0.717) is 0 Å². The van der Waals surface area contributed by atoms with Crippen molar-refractivity contribution >= 4 is 28.5 Å². The Hall–Kier alpha value is -1.57. The minimum absolute atomic E-state index is 0.0412. The van der Waals surface area contributed by atoms with Gasteiger partial charge in [0, 0.05) is 23.9 Å². The topological polar surface area (TPSA) is 110 Å². The SMILES string of the molecule is CCOC(=O)c1ccc(N)c(C(O)C(O)CSC(C)=O)c1. The number of nitrogen functional groups attached to an aromatic ring is 1. The highest BCUT2D eigenvalue weighted by Crippen LogP contribution is 2.26. The zero-order valence-corrected chi connectivity index (χ0v) is 12.7. The Labute approximate surface area is 127 Å². The lowest BCUT2D eigenvalue weighted by Gasteiger charge is -2.19. The van der Waals surface area contributed by atoms with E-state index < -0.39 is 18.2 Å². The summed E-state index contributed by atoms with van der Waals surface area (Å²) in [5.74, 6) is -0.488. The molecule has 2 unspecified atom stereocenters. The van der Waals surface area contributed by atoms with Gasteiger partial charge < -0.3 is 20.7 Å². The number of benzene rings is 1. The number of carbonyl (C=O) groups excluding carboxylic acids is 2. The Bertz CT molecular complexity index is 520. The second-order valence-corrected chi connectivity index (χ2v) is 5.58. The van der Waals surface area contributed by atoms with Crippen molar-refractivity contribution in [2.45, 2.75) is 26.1 Å². The van der Waals surface area contributed by atoms with Crippen LogP contribution >= 0.6 is 11.8 Å². The van der Waals surface area contributed by atoms with Crippen LogP contribution in [-0.2, 0) is 9.53 Å². The minimum atomic E-state index is -1.29. The first kappa shape index (κ1) is 17.5. The number of rotatable bonds is 6. The molecule has 0 saturated carbocycles. The summed E-state index contributed by atoms with van der Waals surface area (Å²) in [5.41, 5.74) is 6.49. The zero-order chi connectivity index (χ0) is 16.0. The summed E-state index contributed by atoms with van der Waals surface area (Å²) < 4.78 is 4.87. The van der Waals surface area contributed by atoms with Gasteiger partial charge in [-0.2, -0.15) is 0 Å². The lowest BCUT2D eigenvalue weighted by molar-refractivity contribution is -0.109. The molecular formula is C14H19NO5S. The smallest absolute Gasteiger partial charge is 0.338 e. The zero-order valence-electron chi connectivity index (χ0n) is 11.9. The molecule has 0 heterocycles. The number of thioether (sulfide) groups is 1. The average Bonchev–Trinajstić information content (AvgIpc) is 2.44. The second-order valence-electron chi connectivity index (χ2n) is 4.38. The predicted octanol–water partition coefficient (Wildman–Crippen LogP) is 1.12. The van der Waals surface area contributed by atoms with Crippen molar-refractivity contribution in [3.05, 3.63) is 29.3 Å². The van der Waals surface area contributed by atoms with Crippen molar-refractivity contribution in [3.63, 3.8) is 0 Å². The van der Waals surface area contributed by atoms with Crippen LogP contribution in [0.4, 0.5) is 5.69 Å². The largest absolute Gasteiger partial charge is 0.462 e. The van der Waals surface area contributed by atoms with Crippen LogP contribution in [0.1, 0.15) is 35.9 Å². The van der Waals surface area contributed by atoms with Gasteiger partial charge in [0.1, 0.15) is 6.10 Å². The van der Waals surface area contributed by atoms with Crippen molar-refractivity contribution in [1.29, 1.82) is 0 Å². The van der Waals surface area contributed by atoms with E-state index in [1.807, 2.05) is 0 Å². The van der Waals surface area contributed by atoms with Gasteiger partial charge in [-0.25, -0.2) is 4.79 Å². The van der Waals surface area contributed by atoms with Crippen molar-refractivity contribution in [2.24, 2.45) is 0 Å². The fraction of sp³-hybridized carbons (Fsp3) is 0.429. The van der Waals surface area contributed by atoms with E-state index in [2.05, 4.69) is 0 Å². The van der Waals surface area contributed by atoms with Crippen LogP contribution in [0.15, 0.2) is 18.2 Å². The molecule has 6 nitrogen and oxygen atoms in total. The Balaban J connectivity index is 2.92. The summed E-state index contributed by atoms with van der Waals surface area (Å²) in [6, 6.07) is 4.34. The van der Waals surface area contributed by atoms with Gasteiger partial charge in [0.25, 0.3) is 0 Å². The average molecular weight is 313 g/mol. The van der Waals surface area contributed by atoms with Crippen LogP contribution in [0.5, 0.6) is 0 Å². The third-order valence-corrected chi connectivity index (χ3v) is 3.65. The quantitative estimate of drug-likeness (QED) is 0.533. The second kappa shape index (κ2) is 8.02. The molecule has 4 N–H and O–H groups in total.